The van der Waals surface area contributed by atoms with Crippen molar-refractivity contribution in [3.8, 4) is 28.2 Å². The van der Waals surface area contributed by atoms with Crippen LogP contribution in [0.2, 0.25) is 0 Å². The minimum absolute atomic E-state index is 0.0155. The molecule has 2 aromatic carbocycles. The molecular formula is C28H19N3O9. The van der Waals surface area contributed by atoms with Gasteiger partial charge in [0.25, 0.3) is 17.7 Å². The van der Waals surface area contributed by atoms with E-state index in [1.807, 2.05) is 0 Å². The maximum absolute atomic E-state index is 12.7. The molecule has 4 amide bonds. The Morgan fingerprint density at radius 3 is 2.30 bits per heavy atom. The minimum Gasteiger partial charge on any atom is -0.508 e. The molecule has 0 fully saturated rings. The zero-order valence-corrected chi connectivity index (χ0v) is 20.5. The lowest BCUT2D eigenvalue weighted by Gasteiger charge is -2.17. The summed E-state index contributed by atoms with van der Waals surface area (Å²) in [6, 6.07) is 12.4. The topological polar surface area (TPSA) is 183 Å². The zero-order valence-electron chi connectivity index (χ0n) is 20.5. The van der Waals surface area contributed by atoms with Gasteiger partial charge in [0.15, 0.2) is 5.43 Å². The second-order valence-corrected chi connectivity index (χ2v) is 8.76. The summed E-state index contributed by atoms with van der Waals surface area (Å²) in [4.78, 5) is 72.9. The molecule has 5 rings (SSSR count). The predicted octanol–water partition coefficient (Wildman–Crippen LogP) is 1.70. The van der Waals surface area contributed by atoms with Crippen LogP contribution in [0.5, 0.6) is 5.75 Å². The lowest BCUT2D eigenvalue weighted by atomic mass is 9.90. The molecule has 200 valence electrons. The van der Waals surface area contributed by atoms with Gasteiger partial charge in [0, 0.05) is 46.4 Å². The van der Waals surface area contributed by atoms with Crippen LogP contribution in [0.3, 0.4) is 0 Å². The number of carboxylic acid groups (broad SMARTS) is 1. The van der Waals surface area contributed by atoms with Crippen LogP contribution in [0.15, 0.2) is 76.0 Å². The Kier molecular flexibility index (Phi) is 6.58. The first-order valence-corrected chi connectivity index (χ1v) is 11.8. The van der Waals surface area contributed by atoms with Crippen molar-refractivity contribution in [3.63, 3.8) is 0 Å². The highest BCUT2D eigenvalue weighted by Gasteiger charge is 2.26. The Labute approximate surface area is 224 Å². The SMILES string of the molecule is O=C(CN1C(=O)C=CC1=O)NCNC(=O)c1ccc(-c2c3ccc(=O)cc-3oc3cc(O)ccc23)c(C(=O)O)c1. The number of phenolic OH excluding ortho intramolecular Hbond substituents is 1. The minimum atomic E-state index is -1.33. The number of nitrogens with zero attached hydrogens (tertiary/aromatic N) is 1. The maximum Gasteiger partial charge on any atom is 0.336 e. The van der Waals surface area contributed by atoms with Crippen LogP contribution >= 0.6 is 0 Å². The highest BCUT2D eigenvalue weighted by molar-refractivity contribution is 6.14. The quantitative estimate of drug-likeness (QED) is 0.154. The number of carbonyl (C=O) groups is 5. The molecular weight excluding hydrogens is 522 g/mol. The highest BCUT2D eigenvalue weighted by Crippen LogP contribution is 2.42. The van der Waals surface area contributed by atoms with E-state index in [0.29, 0.717) is 16.5 Å². The van der Waals surface area contributed by atoms with Crippen molar-refractivity contribution in [1.82, 2.24) is 15.5 Å². The van der Waals surface area contributed by atoms with E-state index in [2.05, 4.69) is 10.6 Å². The predicted molar refractivity (Wildman–Crippen MR) is 140 cm³/mol. The Morgan fingerprint density at radius 2 is 1.57 bits per heavy atom. The molecule has 1 aliphatic carbocycles. The molecule has 0 spiro atoms. The van der Waals surface area contributed by atoms with Crippen LogP contribution in [0.25, 0.3) is 33.4 Å². The third-order valence-electron chi connectivity index (χ3n) is 6.20. The standard InChI is InChI=1S/C28H19N3O9/c32-15-2-5-18-21(10-15)40-22-11-16(33)3-6-19(22)26(18)17-4-1-14(9-20(17)28(38)39)27(37)30-13-29-23(34)12-31-24(35)7-8-25(31)36/h1-11,32H,12-13H2,(H,29,34)(H,30,37)(H,38,39). The fraction of sp³-hybridized carbons (Fsp3) is 0.0714. The molecule has 0 atom stereocenters. The molecule has 0 aromatic heterocycles. The van der Waals surface area contributed by atoms with Gasteiger partial charge in [-0.05, 0) is 42.0 Å². The molecule has 2 aliphatic heterocycles. The fourth-order valence-corrected chi connectivity index (χ4v) is 4.34. The van der Waals surface area contributed by atoms with Crippen molar-refractivity contribution in [2.45, 2.75) is 0 Å². The van der Waals surface area contributed by atoms with E-state index in [9.17, 15) is 39.0 Å². The van der Waals surface area contributed by atoms with Crippen molar-refractivity contribution in [2.75, 3.05) is 13.2 Å². The Balaban J connectivity index is 1.42. The van der Waals surface area contributed by atoms with Crippen LogP contribution in [0, 0.1) is 0 Å². The molecule has 0 radical (unpaired) electrons. The van der Waals surface area contributed by atoms with Gasteiger partial charge < -0.3 is 25.3 Å². The van der Waals surface area contributed by atoms with Crippen molar-refractivity contribution >= 4 is 40.6 Å². The number of hydrogen-bond acceptors (Lipinski definition) is 8. The normalized spacial score (nSPS) is 12.8. The first kappa shape index (κ1) is 25.9. The number of nitrogens with one attached hydrogen (secondary N) is 2. The van der Waals surface area contributed by atoms with Crippen LogP contribution in [0.1, 0.15) is 20.7 Å². The molecule has 0 saturated heterocycles. The van der Waals surface area contributed by atoms with Crippen LogP contribution in [0.4, 0.5) is 0 Å². The van der Waals surface area contributed by atoms with Gasteiger partial charge in [-0.25, -0.2) is 4.79 Å². The smallest absolute Gasteiger partial charge is 0.336 e. The van der Waals surface area contributed by atoms with E-state index in [1.54, 1.807) is 6.07 Å². The Bertz CT molecular complexity index is 1790. The molecule has 0 unspecified atom stereocenters. The summed E-state index contributed by atoms with van der Waals surface area (Å²) in [6.07, 6.45) is 2.09. The van der Waals surface area contributed by atoms with E-state index in [-0.39, 0.29) is 45.9 Å². The van der Waals surface area contributed by atoms with Gasteiger partial charge in [0.05, 0.1) is 12.2 Å². The van der Waals surface area contributed by atoms with Crippen LogP contribution in [-0.4, -0.2) is 57.9 Å². The average Bonchev–Trinajstić information content (AvgIpc) is 3.23. The molecule has 3 aliphatic rings. The largest absolute Gasteiger partial charge is 0.508 e. The van der Waals surface area contributed by atoms with Gasteiger partial charge in [-0.15, -0.1) is 0 Å². The third kappa shape index (κ3) is 4.88. The molecule has 12 heteroatoms. The number of rotatable bonds is 7. The van der Waals surface area contributed by atoms with E-state index in [4.69, 9.17) is 4.42 Å². The Hall–Kier alpha value is -5.78. The second-order valence-electron chi connectivity index (χ2n) is 8.76. The molecule has 4 N–H and O–H groups in total. The van der Waals surface area contributed by atoms with Crippen LogP contribution < -0.4 is 16.1 Å². The number of imide groups is 1. The molecule has 40 heavy (non-hydrogen) atoms. The molecule has 12 nitrogen and oxygen atoms in total. The summed E-state index contributed by atoms with van der Waals surface area (Å²) in [5, 5.41) is 25.2. The summed E-state index contributed by atoms with van der Waals surface area (Å²) in [7, 11) is 0. The molecule has 0 saturated carbocycles. The molecule has 2 heterocycles. The Morgan fingerprint density at radius 1 is 0.850 bits per heavy atom. The summed E-state index contributed by atoms with van der Waals surface area (Å²) in [5.74, 6) is -3.86. The first-order valence-electron chi connectivity index (χ1n) is 11.8. The maximum atomic E-state index is 12.7. The van der Waals surface area contributed by atoms with Crippen molar-refractivity contribution in [3.05, 3.63) is 88.1 Å². The van der Waals surface area contributed by atoms with Gasteiger partial charge in [0.2, 0.25) is 5.91 Å². The average molecular weight is 541 g/mol. The van der Waals surface area contributed by atoms with Crippen LogP contribution in [-0.2, 0) is 14.4 Å². The summed E-state index contributed by atoms with van der Waals surface area (Å²) < 4.78 is 5.80. The first-order chi connectivity index (χ1) is 19.1. The van der Waals surface area contributed by atoms with Crippen molar-refractivity contribution < 1.29 is 38.6 Å². The fourth-order valence-electron chi connectivity index (χ4n) is 4.34. The number of fused-ring (bicyclic) bond motifs is 2. The number of carbonyl (C=O) groups excluding carboxylic acids is 4. The lowest BCUT2D eigenvalue weighted by molar-refractivity contribution is -0.141. The molecule has 0 bridgehead atoms. The van der Waals surface area contributed by atoms with Gasteiger partial charge >= 0.3 is 5.97 Å². The number of hydrogen-bond donors (Lipinski definition) is 4. The number of carboxylic acids is 1. The second kappa shape index (κ2) is 10.2. The third-order valence-corrected chi connectivity index (χ3v) is 6.20. The van der Waals surface area contributed by atoms with Gasteiger partial charge in [-0.3, -0.25) is 28.9 Å². The van der Waals surface area contributed by atoms with Crippen molar-refractivity contribution in [2.24, 2.45) is 0 Å². The van der Waals surface area contributed by atoms with Gasteiger partial charge in [-0.1, -0.05) is 6.07 Å². The molecule has 2 aromatic rings. The summed E-state index contributed by atoms with van der Waals surface area (Å²) in [5.41, 5.74) is 0.769. The number of aromatic hydroxyl groups is 1. The number of benzene rings is 3. The lowest BCUT2D eigenvalue weighted by Crippen LogP contribution is -2.44. The van der Waals surface area contributed by atoms with E-state index >= 15 is 0 Å². The van der Waals surface area contributed by atoms with Gasteiger partial charge in [-0.2, -0.15) is 0 Å². The van der Waals surface area contributed by atoms with E-state index < -0.39 is 36.1 Å². The summed E-state index contributed by atoms with van der Waals surface area (Å²) in [6.45, 7) is -0.864. The number of phenols is 1. The number of amides is 4. The number of aromatic carboxylic acids is 1. The van der Waals surface area contributed by atoms with E-state index in [1.165, 1.54) is 48.5 Å². The van der Waals surface area contributed by atoms with Gasteiger partial charge in [0.1, 0.15) is 23.6 Å². The summed E-state index contributed by atoms with van der Waals surface area (Å²) >= 11 is 0. The monoisotopic (exact) mass is 541 g/mol. The highest BCUT2D eigenvalue weighted by atomic mass is 16.4. The zero-order chi connectivity index (χ0) is 28.6. The van der Waals surface area contributed by atoms with Crippen molar-refractivity contribution in [1.29, 1.82) is 0 Å². The van der Waals surface area contributed by atoms with E-state index in [0.717, 1.165) is 17.1 Å².